The van der Waals surface area contributed by atoms with Crippen LogP contribution < -0.4 is 4.43 Å². The molecule has 0 atom stereocenters. The molecule has 1 heterocycles. The molecule has 0 unspecified atom stereocenters. The molecule has 0 saturated heterocycles. The third-order valence-corrected chi connectivity index (χ3v) is 2.39. The predicted octanol–water partition coefficient (Wildman–Crippen LogP) is 0.800. The number of nitrogens with zero attached hydrogens (tertiary/aromatic N) is 2. The standard InChI is InChI=1S/C10H8N2O4/c1-6-9(10(13)14)12(16)8-5-3-2-4-7(8)11(6)15/h2-5,15H,1H3/p+1. The Labute approximate surface area is 89.6 Å². The van der Waals surface area contributed by atoms with E-state index in [1.165, 1.54) is 19.1 Å². The van der Waals surface area contributed by atoms with Gasteiger partial charge < -0.3 is 10.3 Å². The van der Waals surface area contributed by atoms with Crippen molar-refractivity contribution in [3.63, 3.8) is 0 Å². The lowest BCUT2D eigenvalue weighted by atomic mass is 10.2. The van der Waals surface area contributed by atoms with Gasteiger partial charge in [-0.2, -0.15) is 4.73 Å². The minimum absolute atomic E-state index is 0.0128. The van der Waals surface area contributed by atoms with Crippen LogP contribution in [0.3, 0.4) is 0 Å². The Kier molecular flexibility index (Phi) is 2.12. The first-order valence-electron chi connectivity index (χ1n) is 4.53. The SMILES string of the molecule is Cc1c(C(=O)O)[n+](=O)c2ccccc2n1O. The van der Waals surface area contributed by atoms with Gasteiger partial charge in [0.2, 0.25) is 0 Å². The van der Waals surface area contributed by atoms with Crippen molar-refractivity contribution < 1.29 is 19.5 Å². The van der Waals surface area contributed by atoms with E-state index in [0.29, 0.717) is 9.16 Å². The Bertz CT molecular complexity index is 645. The smallest absolute Gasteiger partial charge is 0.408 e. The van der Waals surface area contributed by atoms with Crippen molar-refractivity contribution in [2.45, 2.75) is 6.92 Å². The third kappa shape index (κ3) is 1.23. The second-order valence-electron chi connectivity index (χ2n) is 3.33. The summed E-state index contributed by atoms with van der Waals surface area (Å²) in [7, 11) is 0. The Morgan fingerprint density at radius 3 is 2.62 bits per heavy atom. The molecule has 82 valence electrons. The van der Waals surface area contributed by atoms with E-state index in [2.05, 4.69) is 0 Å². The van der Waals surface area contributed by atoms with E-state index in [1.54, 1.807) is 12.1 Å². The minimum Gasteiger partial charge on any atom is -0.473 e. The lowest BCUT2D eigenvalue weighted by molar-refractivity contribution is -0.470. The van der Waals surface area contributed by atoms with Crippen LogP contribution in [-0.2, 0) is 0 Å². The second kappa shape index (κ2) is 3.34. The molecule has 6 nitrogen and oxygen atoms in total. The van der Waals surface area contributed by atoms with Gasteiger partial charge in [0.25, 0.3) is 5.52 Å². The van der Waals surface area contributed by atoms with Gasteiger partial charge in [0.1, 0.15) is 5.69 Å². The number of carboxylic acid groups (broad SMARTS) is 1. The van der Waals surface area contributed by atoms with Gasteiger partial charge in [-0.3, -0.25) is 0 Å². The van der Waals surface area contributed by atoms with Gasteiger partial charge in [-0.15, -0.1) is 0 Å². The molecule has 0 saturated carbocycles. The van der Waals surface area contributed by atoms with Crippen LogP contribution in [0.15, 0.2) is 24.3 Å². The number of benzene rings is 1. The monoisotopic (exact) mass is 221 g/mol. The number of fused-ring (bicyclic) bond motifs is 1. The van der Waals surface area contributed by atoms with Gasteiger partial charge in [-0.1, -0.05) is 12.1 Å². The molecular weight excluding hydrogens is 212 g/mol. The fourth-order valence-electron chi connectivity index (χ4n) is 1.61. The number of carbonyl (C=O) groups is 1. The Morgan fingerprint density at radius 2 is 2.00 bits per heavy atom. The van der Waals surface area contributed by atoms with Crippen LogP contribution in [0.1, 0.15) is 16.2 Å². The number of para-hydroxylation sites is 2. The molecule has 2 rings (SSSR count). The summed E-state index contributed by atoms with van der Waals surface area (Å²) < 4.78 is 1.01. The van der Waals surface area contributed by atoms with E-state index in [-0.39, 0.29) is 16.7 Å². The molecule has 0 aliphatic rings. The highest BCUT2D eigenvalue weighted by atomic mass is 16.5. The van der Waals surface area contributed by atoms with Crippen LogP contribution in [0.2, 0.25) is 0 Å². The average molecular weight is 221 g/mol. The predicted molar refractivity (Wildman–Crippen MR) is 54.2 cm³/mol. The summed E-state index contributed by atoms with van der Waals surface area (Å²) in [5.74, 6) is -1.37. The average Bonchev–Trinajstić information content (AvgIpc) is 2.26. The highest BCUT2D eigenvalue weighted by Crippen LogP contribution is 2.12. The van der Waals surface area contributed by atoms with Gasteiger partial charge in [0.15, 0.2) is 5.52 Å². The minimum atomic E-state index is -1.37. The van der Waals surface area contributed by atoms with Crippen LogP contribution >= 0.6 is 0 Å². The Morgan fingerprint density at radius 1 is 1.38 bits per heavy atom. The largest absolute Gasteiger partial charge is 0.473 e. The fraction of sp³-hybridized carbons (Fsp3) is 0.100. The number of rotatable bonds is 1. The summed E-state index contributed by atoms with van der Waals surface area (Å²) in [6, 6.07) is 6.22. The molecule has 0 aliphatic heterocycles. The van der Waals surface area contributed by atoms with E-state index in [1.807, 2.05) is 0 Å². The van der Waals surface area contributed by atoms with Crippen molar-refractivity contribution in [3.05, 3.63) is 40.6 Å². The lowest BCUT2D eigenvalue weighted by Crippen LogP contribution is -2.30. The zero-order chi connectivity index (χ0) is 11.9. The molecule has 0 amide bonds. The fourth-order valence-corrected chi connectivity index (χ4v) is 1.61. The molecule has 0 radical (unpaired) electrons. The van der Waals surface area contributed by atoms with Crippen molar-refractivity contribution in [1.82, 2.24) is 4.73 Å². The van der Waals surface area contributed by atoms with Crippen molar-refractivity contribution >= 4 is 17.0 Å². The van der Waals surface area contributed by atoms with Gasteiger partial charge in [-0.05, 0) is 13.0 Å². The Balaban J connectivity index is 3.07. The van der Waals surface area contributed by atoms with E-state index < -0.39 is 11.7 Å². The summed E-state index contributed by atoms with van der Waals surface area (Å²) in [6.07, 6.45) is 0. The summed E-state index contributed by atoms with van der Waals surface area (Å²) in [4.78, 5) is 22.6. The first kappa shape index (κ1) is 10.2. The molecule has 1 aromatic carbocycles. The highest BCUT2D eigenvalue weighted by Gasteiger charge is 2.28. The molecule has 0 bridgehead atoms. The molecule has 16 heavy (non-hydrogen) atoms. The number of carboxylic acids is 1. The van der Waals surface area contributed by atoms with Crippen molar-refractivity contribution in [2.24, 2.45) is 0 Å². The molecule has 0 aliphatic carbocycles. The van der Waals surface area contributed by atoms with Crippen molar-refractivity contribution in [3.8, 4) is 0 Å². The van der Waals surface area contributed by atoms with Gasteiger partial charge >= 0.3 is 11.7 Å². The van der Waals surface area contributed by atoms with E-state index in [4.69, 9.17) is 5.11 Å². The second-order valence-corrected chi connectivity index (χ2v) is 3.33. The number of aromatic nitrogens is 2. The van der Waals surface area contributed by atoms with Crippen molar-refractivity contribution in [1.29, 1.82) is 0 Å². The summed E-state index contributed by atoms with van der Waals surface area (Å²) in [5.41, 5.74) is -0.129. The normalized spacial score (nSPS) is 10.6. The van der Waals surface area contributed by atoms with E-state index in [0.717, 1.165) is 0 Å². The van der Waals surface area contributed by atoms with Crippen LogP contribution in [0.25, 0.3) is 11.0 Å². The maximum absolute atomic E-state index is 11.8. The molecule has 1 aromatic heterocycles. The van der Waals surface area contributed by atoms with Gasteiger partial charge in [0.05, 0.1) is 4.43 Å². The van der Waals surface area contributed by atoms with Gasteiger partial charge in [-0.25, -0.2) is 4.79 Å². The molecule has 0 fully saturated rings. The van der Waals surface area contributed by atoms with Gasteiger partial charge in [0, 0.05) is 11.0 Å². The topological polar surface area (TPSA) is 85.4 Å². The molecule has 2 aromatic rings. The third-order valence-electron chi connectivity index (χ3n) is 2.39. The maximum atomic E-state index is 11.8. The summed E-state index contributed by atoms with van der Waals surface area (Å²) in [6.45, 7) is 1.37. The van der Waals surface area contributed by atoms with Crippen LogP contribution in [0.4, 0.5) is 0 Å². The number of hydrogen-bond donors (Lipinski definition) is 2. The zero-order valence-electron chi connectivity index (χ0n) is 8.41. The Hall–Kier alpha value is -2.37. The van der Waals surface area contributed by atoms with Crippen molar-refractivity contribution in [2.75, 3.05) is 0 Å². The van der Waals surface area contributed by atoms with Crippen LogP contribution in [0.5, 0.6) is 0 Å². The van der Waals surface area contributed by atoms with Crippen LogP contribution in [-0.4, -0.2) is 21.0 Å². The molecule has 0 spiro atoms. The number of aromatic carboxylic acids is 1. The summed E-state index contributed by atoms with van der Waals surface area (Å²) >= 11 is 0. The molecular formula is C10H9N2O4+. The van der Waals surface area contributed by atoms with E-state index in [9.17, 15) is 14.9 Å². The first-order chi connectivity index (χ1) is 7.54. The molecule has 6 heteroatoms. The van der Waals surface area contributed by atoms with Crippen LogP contribution in [0, 0.1) is 11.8 Å². The first-order valence-corrected chi connectivity index (χ1v) is 4.53. The maximum Gasteiger partial charge on any atom is 0.408 e. The number of hydrogen-bond acceptors (Lipinski definition) is 3. The zero-order valence-corrected chi connectivity index (χ0v) is 8.41. The molecule has 2 N–H and O–H groups in total. The lowest BCUT2D eigenvalue weighted by Gasteiger charge is -2.03. The van der Waals surface area contributed by atoms with E-state index >= 15 is 0 Å². The quantitative estimate of drug-likeness (QED) is 0.551. The highest BCUT2D eigenvalue weighted by molar-refractivity contribution is 5.86. The summed E-state index contributed by atoms with van der Waals surface area (Å²) in [5, 5.41) is 18.6.